The third-order valence-electron chi connectivity index (χ3n) is 6.11. The second kappa shape index (κ2) is 9.96. The molecule has 1 amide bonds. The lowest BCUT2D eigenvalue weighted by Crippen LogP contribution is -2.40. The number of rotatable bonds is 7. The summed E-state index contributed by atoms with van der Waals surface area (Å²) in [6.07, 6.45) is 2.33. The van der Waals surface area contributed by atoms with E-state index in [4.69, 9.17) is 4.98 Å². The second-order valence-corrected chi connectivity index (χ2v) is 12.7. The van der Waals surface area contributed by atoms with Crippen molar-refractivity contribution in [1.82, 2.24) is 14.9 Å². The maximum atomic E-state index is 12.9. The summed E-state index contributed by atoms with van der Waals surface area (Å²) in [6, 6.07) is 16.3. The predicted octanol–water partition coefficient (Wildman–Crippen LogP) is 4.76. The van der Waals surface area contributed by atoms with Gasteiger partial charge in [-0.15, -0.1) is 0 Å². The molecule has 4 rings (SSSR count). The van der Waals surface area contributed by atoms with E-state index >= 15 is 0 Å². The maximum absolute atomic E-state index is 12.9. The first kappa shape index (κ1) is 24.5. The fourth-order valence-electron chi connectivity index (χ4n) is 4.20. The zero-order valence-corrected chi connectivity index (χ0v) is 21.6. The fraction of sp³-hybridized carbons (Fsp3) is 0.385. The Kier molecular flexibility index (Phi) is 7.19. The Hall–Kier alpha value is -2.58. The van der Waals surface area contributed by atoms with Gasteiger partial charge < -0.3 is 5.32 Å². The Bertz CT molecular complexity index is 1280. The van der Waals surface area contributed by atoms with Crippen LogP contribution < -0.4 is 5.32 Å². The molecule has 1 saturated heterocycles. The number of nitrogens with zero attached hydrogens (tertiary/aromatic N) is 2. The molecular formula is C26H31N3O3S2. The summed E-state index contributed by atoms with van der Waals surface area (Å²) in [4.78, 5) is 17.6. The number of thioether (sulfide) groups is 1. The normalized spacial score (nSPS) is 18.2. The van der Waals surface area contributed by atoms with Crippen molar-refractivity contribution < 1.29 is 13.2 Å². The lowest BCUT2D eigenvalue weighted by molar-refractivity contribution is -0.120. The van der Waals surface area contributed by atoms with Gasteiger partial charge >= 0.3 is 0 Å². The Balaban J connectivity index is 1.68. The number of para-hydroxylation sites is 1. The van der Waals surface area contributed by atoms with Crippen molar-refractivity contribution in [2.24, 2.45) is 0 Å². The average Bonchev–Trinajstić information content (AvgIpc) is 3.36. The highest BCUT2D eigenvalue weighted by Crippen LogP contribution is 2.35. The van der Waals surface area contributed by atoms with Crippen LogP contribution in [0.5, 0.6) is 0 Å². The van der Waals surface area contributed by atoms with Gasteiger partial charge in [0.1, 0.15) is 0 Å². The van der Waals surface area contributed by atoms with Gasteiger partial charge in [0.05, 0.1) is 34.3 Å². The van der Waals surface area contributed by atoms with Crippen LogP contribution >= 0.6 is 11.8 Å². The summed E-state index contributed by atoms with van der Waals surface area (Å²) in [5.74, 6) is 0.294. The molecule has 2 heterocycles. The van der Waals surface area contributed by atoms with Crippen molar-refractivity contribution in [3.8, 4) is 16.9 Å². The number of imidazole rings is 1. The molecule has 1 fully saturated rings. The summed E-state index contributed by atoms with van der Waals surface area (Å²) >= 11 is 1.39. The third-order valence-corrected chi connectivity index (χ3v) is 8.94. The first-order chi connectivity index (χ1) is 16.1. The minimum atomic E-state index is -3.05. The van der Waals surface area contributed by atoms with Crippen LogP contribution in [-0.2, 0) is 14.6 Å². The monoisotopic (exact) mass is 497 g/mol. The molecule has 0 bridgehead atoms. The number of amides is 1. The number of hydrogen-bond donors (Lipinski definition) is 1. The first-order valence-electron chi connectivity index (χ1n) is 11.6. The standard InChI is InChI=1S/C26H31N3O3S2/c1-17(2)22-7-5-6-8-23(22)29-24(20-11-9-18(3)10-12-20)15-27-26(29)33-19(4)25(30)28-21-13-14-34(31,32)16-21/h5-12,15,17,19,21H,13-14,16H2,1-4H3,(H,28,30)/t19-,21-/m0/s1. The zero-order valence-electron chi connectivity index (χ0n) is 20.0. The van der Waals surface area contributed by atoms with E-state index in [0.29, 0.717) is 12.3 Å². The van der Waals surface area contributed by atoms with E-state index in [1.165, 1.54) is 22.9 Å². The molecular weight excluding hydrogens is 466 g/mol. The summed E-state index contributed by atoms with van der Waals surface area (Å²) in [5.41, 5.74) is 5.44. The van der Waals surface area contributed by atoms with Crippen molar-refractivity contribution in [2.45, 2.75) is 56.5 Å². The highest BCUT2D eigenvalue weighted by atomic mass is 32.2. The van der Waals surface area contributed by atoms with E-state index in [1.54, 1.807) is 0 Å². The molecule has 34 heavy (non-hydrogen) atoms. The molecule has 1 aromatic heterocycles. The fourth-order valence-corrected chi connectivity index (χ4v) is 6.78. The Morgan fingerprint density at radius 2 is 1.82 bits per heavy atom. The number of aryl methyl sites for hydroxylation is 1. The predicted molar refractivity (Wildman–Crippen MR) is 138 cm³/mol. The van der Waals surface area contributed by atoms with Gasteiger partial charge in [-0.05, 0) is 37.8 Å². The molecule has 6 nitrogen and oxygen atoms in total. The summed E-state index contributed by atoms with van der Waals surface area (Å²) < 4.78 is 25.7. The van der Waals surface area contributed by atoms with E-state index in [9.17, 15) is 13.2 Å². The molecule has 0 aliphatic carbocycles. The lowest BCUT2D eigenvalue weighted by atomic mass is 10.0. The van der Waals surface area contributed by atoms with E-state index in [0.717, 1.165) is 22.1 Å². The zero-order chi connectivity index (χ0) is 24.5. The van der Waals surface area contributed by atoms with Gasteiger partial charge in [0, 0.05) is 11.6 Å². The van der Waals surface area contributed by atoms with Crippen molar-refractivity contribution in [2.75, 3.05) is 11.5 Å². The van der Waals surface area contributed by atoms with Crippen LogP contribution in [0.4, 0.5) is 0 Å². The third kappa shape index (κ3) is 5.39. The van der Waals surface area contributed by atoms with Crippen LogP contribution in [0.1, 0.15) is 44.2 Å². The first-order valence-corrected chi connectivity index (χ1v) is 14.3. The topological polar surface area (TPSA) is 81.1 Å². The highest BCUT2D eigenvalue weighted by molar-refractivity contribution is 8.00. The van der Waals surface area contributed by atoms with Crippen LogP contribution in [0, 0.1) is 6.92 Å². The van der Waals surface area contributed by atoms with Crippen LogP contribution in [0.3, 0.4) is 0 Å². The van der Waals surface area contributed by atoms with Crippen molar-refractivity contribution in [3.05, 3.63) is 65.9 Å². The van der Waals surface area contributed by atoms with Gasteiger partial charge in [0.15, 0.2) is 15.0 Å². The molecule has 1 N–H and O–H groups in total. The second-order valence-electron chi connectivity index (χ2n) is 9.21. The van der Waals surface area contributed by atoms with Crippen LogP contribution in [0.25, 0.3) is 16.9 Å². The highest BCUT2D eigenvalue weighted by Gasteiger charge is 2.31. The quantitative estimate of drug-likeness (QED) is 0.476. The van der Waals surface area contributed by atoms with Crippen molar-refractivity contribution >= 4 is 27.5 Å². The molecule has 180 valence electrons. The van der Waals surface area contributed by atoms with Gasteiger partial charge in [0.25, 0.3) is 0 Å². The van der Waals surface area contributed by atoms with E-state index < -0.39 is 15.1 Å². The SMILES string of the molecule is Cc1ccc(-c2cnc(S[C@@H](C)C(=O)N[C@H]3CCS(=O)(=O)C3)n2-c2ccccc2C(C)C)cc1. The van der Waals surface area contributed by atoms with Crippen LogP contribution in [-0.4, -0.2) is 46.7 Å². The molecule has 3 aromatic rings. The molecule has 0 unspecified atom stereocenters. The Morgan fingerprint density at radius 1 is 1.12 bits per heavy atom. The molecule has 0 radical (unpaired) electrons. The molecule has 2 aromatic carbocycles. The molecule has 0 saturated carbocycles. The van der Waals surface area contributed by atoms with E-state index in [-0.39, 0.29) is 23.5 Å². The number of aromatic nitrogens is 2. The Morgan fingerprint density at radius 3 is 2.47 bits per heavy atom. The van der Waals surface area contributed by atoms with Crippen LogP contribution in [0.15, 0.2) is 59.9 Å². The van der Waals surface area contributed by atoms with Gasteiger partial charge in [-0.3, -0.25) is 9.36 Å². The average molecular weight is 498 g/mol. The summed E-state index contributed by atoms with van der Waals surface area (Å²) in [5, 5.41) is 3.21. The van der Waals surface area contributed by atoms with E-state index in [2.05, 4.69) is 67.1 Å². The molecule has 2 atom stereocenters. The maximum Gasteiger partial charge on any atom is 0.233 e. The van der Waals surface area contributed by atoms with Crippen LogP contribution in [0.2, 0.25) is 0 Å². The number of nitrogens with one attached hydrogen (secondary N) is 1. The largest absolute Gasteiger partial charge is 0.351 e. The smallest absolute Gasteiger partial charge is 0.233 e. The number of hydrogen-bond acceptors (Lipinski definition) is 5. The minimum absolute atomic E-state index is 0.0179. The van der Waals surface area contributed by atoms with Gasteiger partial charge in [-0.2, -0.15) is 0 Å². The van der Waals surface area contributed by atoms with Gasteiger partial charge in [-0.25, -0.2) is 13.4 Å². The molecule has 8 heteroatoms. The number of carbonyl (C=O) groups excluding carboxylic acids is 1. The number of benzene rings is 2. The summed E-state index contributed by atoms with van der Waals surface area (Å²) in [6.45, 7) is 8.23. The Labute approximate surface area is 206 Å². The van der Waals surface area contributed by atoms with E-state index in [1.807, 2.05) is 25.3 Å². The lowest BCUT2D eigenvalue weighted by Gasteiger charge is -2.20. The van der Waals surface area contributed by atoms with Gasteiger partial charge in [0.2, 0.25) is 5.91 Å². The van der Waals surface area contributed by atoms with Gasteiger partial charge in [-0.1, -0.05) is 73.6 Å². The molecule has 0 spiro atoms. The number of sulfone groups is 1. The summed E-state index contributed by atoms with van der Waals surface area (Å²) in [7, 11) is -3.05. The molecule has 1 aliphatic heterocycles. The number of carbonyl (C=O) groups is 1. The van der Waals surface area contributed by atoms with Crippen molar-refractivity contribution in [1.29, 1.82) is 0 Å². The minimum Gasteiger partial charge on any atom is -0.351 e. The molecule has 1 aliphatic rings. The van der Waals surface area contributed by atoms with Crippen molar-refractivity contribution in [3.63, 3.8) is 0 Å².